The second kappa shape index (κ2) is 9.95. The number of thiazole rings is 1. The molecule has 0 bridgehead atoms. The van der Waals surface area contributed by atoms with Crippen molar-refractivity contribution in [3.05, 3.63) is 69.2 Å². The second-order valence-electron chi connectivity index (χ2n) is 7.63. The first-order valence-corrected chi connectivity index (χ1v) is 12.8. The summed E-state index contributed by atoms with van der Waals surface area (Å²) in [5.41, 5.74) is 1.71. The van der Waals surface area contributed by atoms with E-state index >= 15 is 0 Å². The fourth-order valence-electron chi connectivity index (χ4n) is 3.75. The van der Waals surface area contributed by atoms with Gasteiger partial charge in [-0.05, 0) is 23.8 Å². The van der Waals surface area contributed by atoms with Crippen molar-refractivity contribution in [3.8, 4) is 11.5 Å². The predicted molar refractivity (Wildman–Crippen MR) is 129 cm³/mol. The van der Waals surface area contributed by atoms with Gasteiger partial charge in [0.25, 0.3) is 5.69 Å². The van der Waals surface area contributed by atoms with Crippen LogP contribution in [-0.4, -0.2) is 63.0 Å². The summed E-state index contributed by atoms with van der Waals surface area (Å²) >= 11 is 1.52. The molecule has 12 heteroatoms. The van der Waals surface area contributed by atoms with E-state index in [1.54, 1.807) is 14.2 Å². The molecule has 1 aromatic heterocycles. The molecule has 34 heavy (non-hydrogen) atoms. The lowest BCUT2D eigenvalue weighted by Crippen LogP contribution is -2.48. The highest BCUT2D eigenvalue weighted by atomic mass is 32.2. The van der Waals surface area contributed by atoms with Crippen LogP contribution in [-0.2, 0) is 16.4 Å². The lowest BCUT2D eigenvalue weighted by molar-refractivity contribution is -0.385. The Morgan fingerprint density at radius 3 is 2.47 bits per heavy atom. The Morgan fingerprint density at radius 1 is 1.06 bits per heavy atom. The van der Waals surface area contributed by atoms with Crippen LogP contribution in [0.25, 0.3) is 0 Å². The van der Waals surface area contributed by atoms with Crippen molar-refractivity contribution in [3.63, 3.8) is 0 Å². The number of hydrogen-bond donors (Lipinski definition) is 0. The zero-order chi connectivity index (χ0) is 24.3. The Bertz CT molecular complexity index is 1290. The van der Waals surface area contributed by atoms with E-state index in [1.165, 1.54) is 33.8 Å². The molecule has 0 amide bonds. The first-order chi connectivity index (χ1) is 16.3. The number of non-ortho nitro benzene ring substituents is 1. The Hall–Kier alpha value is -3.22. The summed E-state index contributed by atoms with van der Waals surface area (Å²) in [5, 5.41) is 13.8. The van der Waals surface area contributed by atoms with Gasteiger partial charge in [-0.2, -0.15) is 4.31 Å². The molecule has 4 rings (SSSR count). The van der Waals surface area contributed by atoms with Crippen LogP contribution in [0.1, 0.15) is 11.3 Å². The molecule has 1 saturated heterocycles. The van der Waals surface area contributed by atoms with Crippen molar-refractivity contribution < 1.29 is 22.8 Å². The summed E-state index contributed by atoms with van der Waals surface area (Å²) in [6, 6.07) is 10.9. The van der Waals surface area contributed by atoms with Crippen molar-refractivity contribution in [2.45, 2.75) is 11.3 Å². The summed E-state index contributed by atoms with van der Waals surface area (Å²) in [7, 11) is -0.614. The maximum Gasteiger partial charge on any atom is 0.270 e. The average molecular weight is 505 g/mol. The molecule has 2 heterocycles. The van der Waals surface area contributed by atoms with Crippen LogP contribution < -0.4 is 14.4 Å². The summed E-state index contributed by atoms with van der Waals surface area (Å²) in [5.74, 6) is 1.33. The lowest BCUT2D eigenvalue weighted by Gasteiger charge is -2.33. The smallest absolute Gasteiger partial charge is 0.270 e. The van der Waals surface area contributed by atoms with Gasteiger partial charge in [0.2, 0.25) is 10.0 Å². The number of nitro benzene ring substituents is 1. The van der Waals surface area contributed by atoms with Crippen LogP contribution in [0.4, 0.5) is 10.8 Å². The molecule has 3 aromatic rings. The van der Waals surface area contributed by atoms with Gasteiger partial charge in [-0.25, -0.2) is 13.4 Å². The molecule has 1 aliphatic heterocycles. The highest BCUT2D eigenvalue weighted by molar-refractivity contribution is 7.89. The maximum absolute atomic E-state index is 13.0. The van der Waals surface area contributed by atoms with Crippen molar-refractivity contribution in [1.82, 2.24) is 9.29 Å². The summed E-state index contributed by atoms with van der Waals surface area (Å²) in [6.45, 7) is 1.51. The third kappa shape index (κ3) is 4.98. The van der Waals surface area contributed by atoms with Gasteiger partial charge >= 0.3 is 0 Å². The quantitative estimate of drug-likeness (QED) is 0.339. The van der Waals surface area contributed by atoms with Gasteiger partial charge in [0.05, 0.1) is 29.7 Å². The first kappa shape index (κ1) is 23.9. The van der Waals surface area contributed by atoms with Crippen molar-refractivity contribution in [2.24, 2.45) is 0 Å². The van der Waals surface area contributed by atoms with E-state index in [4.69, 9.17) is 14.5 Å². The van der Waals surface area contributed by atoms with E-state index in [2.05, 4.69) is 4.90 Å². The number of hydrogen-bond acceptors (Lipinski definition) is 9. The maximum atomic E-state index is 13.0. The van der Waals surface area contributed by atoms with Gasteiger partial charge in [0.1, 0.15) is 0 Å². The molecule has 0 N–H and O–H groups in total. The molecule has 1 fully saturated rings. The van der Waals surface area contributed by atoms with Crippen molar-refractivity contribution >= 4 is 32.2 Å². The van der Waals surface area contributed by atoms with Crippen LogP contribution in [0.2, 0.25) is 0 Å². The molecular formula is C22H24N4O6S2. The van der Waals surface area contributed by atoms with Gasteiger partial charge in [-0.3, -0.25) is 10.1 Å². The Labute approximate surface area is 201 Å². The molecule has 0 radical (unpaired) electrons. The van der Waals surface area contributed by atoms with Crippen LogP contribution in [0.5, 0.6) is 11.5 Å². The summed E-state index contributed by atoms with van der Waals surface area (Å²) < 4.78 is 37.9. The zero-order valence-electron chi connectivity index (χ0n) is 18.7. The summed E-state index contributed by atoms with van der Waals surface area (Å²) in [6.07, 6.45) is 0.637. The number of sulfonamides is 1. The third-order valence-corrected chi connectivity index (χ3v) is 8.39. The SMILES string of the molecule is COc1ccc(Cc2csc(N3CCN(S(=O)(=O)c4cccc([N+](=O)[O-])c4)CC3)n2)cc1OC. The fourth-order valence-corrected chi connectivity index (χ4v) is 6.09. The molecule has 0 aliphatic carbocycles. The number of ether oxygens (including phenoxy) is 2. The first-order valence-electron chi connectivity index (χ1n) is 10.5. The topological polar surface area (TPSA) is 115 Å². The van der Waals surface area contributed by atoms with Crippen molar-refractivity contribution in [1.29, 1.82) is 0 Å². The number of nitrogens with zero attached hydrogens (tertiary/aromatic N) is 4. The summed E-state index contributed by atoms with van der Waals surface area (Å²) in [4.78, 5) is 17.1. The number of nitro groups is 1. The standard InChI is InChI=1S/C22H24N4O6S2/c1-31-20-7-6-16(13-21(20)32-2)12-17-15-33-22(23-17)24-8-10-25(11-9-24)34(29,30)19-5-3-4-18(14-19)26(27)28/h3-7,13-15H,8-12H2,1-2H3. The molecular weight excluding hydrogens is 480 g/mol. The van der Waals surface area contributed by atoms with Crippen LogP contribution in [0.3, 0.4) is 0 Å². The Morgan fingerprint density at radius 2 is 1.79 bits per heavy atom. The minimum Gasteiger partial charge on any atom is -0.493 e. The molecule has 0 unspecified atom stereocenters. The zero-order valence-corrected chi connectivity index (χ0v) is 20.3. The Balaban J connectivity index is 1.40. The number of benzene rings is 2. The molecule has 1 aliphatic rings. The van der Waals surface area contributed by atoms with E-state index in [-0.39, 0.29) is 23.7 Å². The molecule has 180 valence electrons. The minimum absolute atomic E-state index is 0.0680. The van der Waals surface area contributed by atoms with Gasteiger partial charge in [0, 0.05) is 50.1 Å². The molecule has 0 atom stereocenters. The third-order valence-electron chi connectivity index (χ3n) is 5.55. The van der Waals surface area contributed by atoms with Gasteiger partial charge in [-0.1, -0.05) is 12.1 Å². The number of anilines is 1. The highest BCUT2D eigenvalue weighted by Gasteiger charge is 2.30. The highest BCUT2D eigenvalue weighted by Crippen LogP contribution is 2.30. The van der Waals surface area contributed by atoms with E-state index in [1.807, 2.05) is 23.6 Å². The number of piperazine rings is 1. The minimum atomic E-state index is -3.81. The van der Waals surface area contributed by atoms with E-state index < -0.39 is 14.9 Å². The number of aromatic nitrogens is 1. The molecule has 10 nitrogen and oxygen atoms in total. The van der Waals surface area contributed by atoms with Gasteiger partial charge in [-0.15, -0.1) is 11.3 Å². The van der Waals surface area contributed by atoms with E-state index in [0.717, 1.165) is 22.5 Å². The average Bonchev–Trinajstić information content (AvgIpc) is 3.32. The number of rotatable bonds is 8. The van der Waals surface area contributed by atoms with Gasteiger partial charge in [0.15, 0.2) is 16.6 Å². The Kier molecular flexibility index (Phi) is 7.00. The molecule has 2 aromatic carbocycles. The second-order valence-corrected chi connectivity index (χ2v) is 10.4. The predicted octanol–water partition coefficient (Wildman–Crippen LogP) is 3.17. The van der Waals surface area contributed by atoms with Crippen LogP contribution in [0.15, 0.2) is 52.7 Å². The van der Waals surface area contributed by atoms with Gasteiger partial charge < -0.3 is 14.4 Å². The molecule has 0 saturated carbocycles. The largest absolute Gasteiger partial charge is 0.493 e. The lowest BCUT2D eigenvalue weighted by atomic mass is 10.1. The normalized spacial score (nSPS) is 14.7. The van der Waals surface area contributed by atoms with Crippen molar-refractivity contribution in [2.75, 3.05) is 45.3 Å². The monoisotopic (exact) mass is 504 g/mol. The number of methoxy groups -OCH3 is 2. The molecule has 0 spiro atoms. The fraction of sp³-hybridized carbons (Fsp3) is 0.318. The van der Waals surface area contributed by atoms with E-state index in [9.17, 15) is 18.5 Å². The van der Waals surface area contributed by atoms with Crippen LogP contribution >= 0.6 is 11.3 Å². The van der Waals surface area contributed by atoms with Crippen LogP contribution in [0, 0.1) is 10.1 Å². The van der Waals surface area contributed by atoms with E-state index in [0.29, 0.717) is 31.0 Å².